The number of hydrogen-bond acceptors (Lipinski definition) is 1. The Bertz CT molecular complexity index is 3040. The third-order valence-electron chi connectivity index (χ3n) is 8.38. The van der Waals surface area contributed by atoms with E-state index in [0.717, 1.165) is 27.5 Å². The summed E-state index contributed by atoms with van der Waals surface area (Å²) in [6, 6.07) is 14.5. The Hall–Kier alpha value is -5.14. The first-order valence-electron chi connectivity index (χ1n) is 22.1. The van der Waals surface area contributed by atoms with E-state index in [1.165, 1.54) is 0 Å². The number of rotatable bonds is 4. The van der Waals surface area contributed by atoms with Crippen LogP contribution in [0.5, 0.6) is 0 Å². The summed E-state index contributed by atoms with van der Waals surface area (Å²) >= 11 is 0. The van der Waals surface area contributed by atoms with Crippen molar-refractivity contribution in [3.05, 3.63) is 155 Å². The van der Waals surface area contributed by atoms with Gasteiger partial charge in [-0.2, -0.15) is 0 Å². The molecule has 1 nitrogen and oxygen atoms in total. The van der Waals surface area contributed by atoms with E-state index in [1.807, 2.05) is 54.6 Å². The Balaban J connectivity index is 1.38. The van der Waals surface area contributed by atoms with E-state index >= 15 is 0 Å². The number of furan rings is 1. The molecule has 0 spiro atoms. The molecule has 1 aliphatic rings. The summed E-state index contributed by atoms with van der Waals surface area (Å²) in [5.41, 5.74) is 3.26. The predicted molar refractivity (Wildman–Crippen MR) is 185 cm³/mol. The topological polar surface area (TPSA) is 13.1 Å². The molecule has 1 aromatic heterocycles. The van der Waals surface area contributed by atoms with E-state index in [9.17, 15) is 5.48 Å². The lowest BCUT2D eigenvalue weighted by Crippen LogP contribution is -2.07. The van der Waals surface area contributed by atoms with Gasteiger partial charge in [-0.3, -0.25) is 0 Å². The summed E-state index contributed by atoms with van der Waals surface area (Å²) in [7, 11) is 0. The molecule has 0 fully saturated rings. The zero-order valence-electron chi connectivity index (χ0n) is 38.3. The second-order valence-electron chi connectivity index (χ2n) is 10.8. The van der Waals surface area contributed by atoms with Crippen molar-refractivity contribution in [1.82, 2.24) is 0 Å². The normalized spacial score (nSPS) is 24.7. The lowest BCUT2D eigenvalue weighted by molar-refractivity contribution is 0.669. The van der Waals surface area contributed by atoms with E-state index in [-0.39, 0.29) is 49.4 Å². The van der Waals surface area contributed by atoms with Gasteiger partial charge in [0.25, 0.3) is 0 Å². The lowest BCUT2D eigenvalue weighted by Gasteiger charge is -2.22. The molecule has 0 N–H and O–H groups in total. The SMILES string of the molecule is [2H]c1c([2H])c(Cc2c3c([2H])c([2H])c([2H])c([2H])c3c(-c3ccc(-c4cccc5oc6ccccc6c45)cc3)c3c([2H])c([2H])c([2H])c([2H])c23)c2c(c1[2H])C([2H])C([2H])C([2H])C2[2H]. The van der Waals surface area contributed by atoms with Crippen LogP contribution >= 0.6 is 0 Å². The van der Waals surface area contributed by atoms with E-state index < -0.39 is 98.5 Å². The largest absolute Gasteiger partial charge is 0.456 e. The summed E-state index contributed by atoms with van der Waals surface area (Å²) in [5, 5.41) is 1.52. The number of hydrogen-bond donors (Lipinski definition) is 0. The average molecular weight is 580 g/mol. The molecule has 8 aromatic rings. The van der Waals surface area contributed by atoms with Crippen LogP contribution in [0.3, 0.4) is 0 Å². The molecule has 1 heterocycles. The van der Waals surface area contributed by atoms with Gasteiger partial charge in [0.15, 0.2) is 0 Å². The molecule has 7 aromatic carbocycles. The highest BCUT2D eigenvalue weighted by Gasteiger charge is 2.19. The summed E-state index contributed by atoms with van der Waals surface area (Å²) in [6.07, 6.45) is -6.37. The van der Waals surface area contributed by atoms with Crippen LogP contribution < -0.4 is 0 Å². The Labute approximate surface area is 278 Å². The quantitative estimate of drug-likeness (QED) is 0.189. The third kappa shape index (κ3) is 4.00. The number of para-hydroxylation sites is 1. The second kappa shape index (κ2) is 10.2. The maximum Gasteiger partial charge on any atom is 0.136 e. The molecule has 0 saturated carbocycles. The molecule has 0 bridgehead atoms. The van der Waals surface area contributed by atoms with Crippen molar-refractivity contribution in [2.24, 2.45) is 0 Å². The van der Waals surface area contributed by atoms with E-state index in [0.29, 0.717) is 11.1 Å². The fourth-order valence-corrected chi connectivity index (χ4v) is 6.41. The molecule has 1 heteroatoms. The maximum absolute atomic E-state index is 9.29. The molecule has 0 amide bonds. The van der Waals surface area contributed by atoms with Crippen LogP contribution in [0, 0.1) is 0 Å². The van der Waals surface area contributed by atoms with Gasteiger partial charge in [0.2, 0.25) is 0 Å². The monoisotopic (exact) mass is 579 g/mol. The number of benzene rings is 7. The molecule has 1 aliphatic carbocycles. The first-order valence-corrected chi connectivity index (χ1v) is 14.3. The minimum absolute atomic E-state index is 0.0241. The van der Waals surface area contributed by atoms with E-state index in [4.69, 9.17) is 19.5 Å². The van der Waals surface area contributed by atoms with Crippen LogP contribution in [0.25, 0.3) is 65.7 Å². The van der Waals surface area contributed by atoms with Gasteiger partial charge < -0.3 is 4.42 Å². The van der Waals surface area contributed by atoms with Gasteiger partial charge in [-0.05, 0) is 110 Å². The van der Waals surface area contributed by atoms with Crippen LogP contribution in [0.4, 0.5) is 0 Å². The van der Waals surface area contributed by atoms with E-state index in [2.05, 4.69) is 0 Å². The average Bonchev–Trinajstić information content (AvgIpc) is 3.63. The smallest absolute Gasteiger partial charge is 0.136 e. The van der Waals surface area contributed by atoms with Gasteiger partial charge in [0.1, 0.15) is 11.2 Å². The molecule has 210 valence electrons. The molecule has 0 saturated heterocycles. The Morgan fingerprint density at radius 1 is 0.591 bits per heavy atom. The Morgan fingerprint density at radius 3 is 2.07 bits per heavy atom. The number of fused-ring (bicyclic) bond motifs is 6. The molecule has 4 atom stereocenters. The highest BCUT2D eigenvalue weighted by molar-refractivity contribution is 6.16. The highest BCUT2D eigenvalue weighted by Crippen LogP contribution is 2.42. The van der Waals surface area contributed by atoms with Crippen molar-refractivity contribution in [1.29, 1.82) is 0 Å². The highest BCUT2D eigenvalue weighted by atomic mass is 16.3. The fourth-order valence-electron chi connectivity index (χ4n) is 6.41. The Kier molecular flexibility index (Phi) is 3.39. The summed E-state index contributed by atoms with van der Waals surface area (Å²) in [4.78, 5) is 0. The minimum Gasteiger partial charge on any atom is -0.456 e. The minimum atomic E-state index is -1.51. The molecular formula is C43H32O. The van der Waals surface area contributed by atoms with Gasteiger partial charge >= 0.3 is 0 Å². The summed E-state index contributed by atoms with van der Waals surface area (Å²) in [5.74, 6) is 0. The zero-order chi connectivity index (χ0) is 42.1. The van der Waals surface area contributed by atoms with E-state index in [1.54, 1.807) is 12.1 Å². The first kappa shape index (κ1) is 14.6. The standard InChI is InChI=1S/C43H32O/c1-2-14-32-28(11-1)12-9-13-31(32)27-39-34-15-3-5-17-36(34)42(37-18-6-4-16-35(37)39)30-25-23-29(24-26-30)33-20-10-22-41-43(33)38-19-7-8-21-40(38)44-41/h3-10,12-13,15-26H,1-2,11,14,27H2/i1D,2D,3D,4D,5D,6D,9D,11D,12D,13D,14D,15D,16D,17D,18D. The molecule has 0 aliphatic heterocycles. The molecule has 9 rings (SSSR count). The predicted octanol–water partition coefficient (Wildman–Crippen LogP) is 11.7. The zero-order valence-corrected chi connectivity index (χ0v) is 23.3. The maximum atomic E-state index is 9.29. The van der Waals surface area contributed by atoms with Crippen LogP contribution in [-0.2, 0) is 19.2 Å². The lowest BCUT2D eigenvalue weighted by atomic mass is 9.83. The van der Waals surface area contributed by atoms with Gasteiger partial charge in [-0.25, -0.2) is 0 Å². The molecule has 44 heavy (non-hydrogen) atoms. The van der Waals surface area contributed by atoms with Gasteiger partial charge in [-0.1, -0.05) is 121 Å². The van der Waals surface area contributed by atoms with Crippen LogP contribution in [0.1, 0.15) is 55.6 Å². The van der Waals surface area contributed by atoms with Crippen molar-refractivity contribution >= 4 is 43.5 Å². The first-order chi connectivity index (χ1) is 28.1. The Morgan fingerprint density at radius 2 is 1.27 bits per heavy atom. The van der Waals surface area contributed by atoms with Crippen molar-refractivity contribution in [2.75, 3.05) is 0 Å². The van der Waals surface area contributed by atoms with Crippen molar-refractivity contribution < 1.29 is 25.0 Å². The van der Waals surface area contributed by atoms with Crippen molar-refractivity contribution in [2.45, 2.75) is 32.0 Å². The third-order valence-corrected chi connectivity index (χ3v) is 8.38. The van der Waals surface area contributed by atoms with Crippen LogP contribution in [0.2, 0.25) is 0 Å². The van der Waals surface area contributed by atoms with Gasteiger partial charge in [0, 0.05) is 16.3 Å². The van der Waals surface area contributed by atoms with Crippen molar-refractivity contribution in [3.63, 3.8) is 0 Å². The second-order valence-corrected chi connectivity index (χ2v) is 10.8. The van der Waals surface area contributed by atoms with Gasteiger partial charge in [-0.15, -0.1) is 0 Å². The summed E-state index contributed by atoms with van der Waals surface area (Å²) in [6.45, 7) is 0. The fraction of sp³-hybridized carbons (Fsp3) is 0.116. The van der Waals surface area contributed by atoms with Crippen molar-refractivity contribution in [3.8, 4) is 22.3 Å². The van der Waals surface area contributed by atoms with Crippen LogP contribution in [0.15, 0.2) is 138 Å². The molecule has 0 radical (unpaired) electrons. The molecular weight excluding hydrogens is 532 g/mol. The van der Waals surface area contributed by atoms with Gasteiger partial charge in [0.05, 0.1) is 15.1 Å². The molecule has 4 unspecified atom stereocenters. The van der Waals surface area contributed by atoms with Crippen LogP contribution in [-0.4, -0.2) is 0 Å². The summed E-state index contributed by atoms with van der Waals surface area (Å²) < 4.78 is 139.